The van der Waals surface area contributed by atoms with E-state index in [4.69, 9.17) is 11.6 Å². The maximum Gasteiger partial charge on any atom is 0.257 e. The van der Waals surface area contributed by atoms with Crippen molar-refractivity contribution in [1.29, 1.82) is 0 Å². The van der Waals surface area contributed by atoms with Crippen molar-refractivity contribution in [1.82, 2.24) is 9.78 Å². The monoisotopic (exact) mass is 311 g/mol. The van der Waals surface area contributed by atoms with Gasteiger partial charge in [-0.3, -0.25) is 8.99 Å². The Labute approximate surface area is 123 Å². The van der Waals surface area contributed by atoms with Crippen LogP contribution in [0.25, 0.3) is 6.08 Å². The van der Waals surface area contributed by atoms with Gasteiger partial charge in [0.25, 0.3) is 10.0 Å². The quantitative estimate of drug-likeness (QED) is 0.872. The molecule has 0 unspecified atom stereocenters. The maximum atomic E-state index is 12.2. The van der Waals surface area contributed by atoms with Crippen LogP contribution >= 0.6 is 11.6 Å². The van der Waals surface area contributed by atoms with Gasteiger partial charge in [0.1, 0.15) is 0 Å². The molecule has 0 aliphatic rings. The lowest BCUT2D eigenvalue weighted by Crippen LogP contribution is -2.23. The molecule has 0 radical (unpaired) electrons. The van der Waals surface area contributed by atoms with E-state index < -0.39 is 10.0 Å². The van der Waals surface area contributed by atoms with E-state index in [2.05, 4.69) is 5.10 Å². The third kappa shape index (κ3) is 3.20. The Morgan fingerprint density at radius 1 is 1.35 bits per heavy atom. The van der Waals surface area contributed by atoms with Gasteiger partial charge in [0.2, 0.25) is 0 Å². The standard InChI is InChI=1S/C13H14ClN3O2S/c1-16-10-12(9-15-16)17(2)20(18,19)8-7-11-5-3-4-6-13(11)14/h3-10H,1-2H3/b8-7+. The first kappa shape index (κ1) is 14.6. The lowest BCUT2D eigenvalue weighted by Gasteiger charge is -2.14. The first-order chi connectivity index (χ1) is 9.40. The highest BCUT2D eigenvalue weighted by Crippen LogP contribution is 2.19. The van der Waals surface area contributed by atoms with Gasteiger partial charge in [0.05, 0.1) is 17.3 Å². The average Bonchev–Trinajstić information content (AvgIpc) is 2.83. The van der Waals surface area contributed by atoms with Crippen molar-refractivity contribution < 1.29 is 8.42 Å². The molecule has 5 nitrogen and oxygen atoms in total. The van der Waals surface area contributed by atoms with Crippen LogP contribution in [0.3, 0.4) is 0 Å². The van der Waals surface area contributed by atoms with Gasteiger partial charge in [0, 0.05) is 25.3 Å². The molecule has 0 atom stereocenters. The summed E-state index contributed by atoms with van der Waals surface area (Å²) in [6.45, 7) is 0. The SMILES string of the molecule is CN(c1cnn(C)c1)S(=O)(=O)/C=C/c1ccccc1Cl. The van der Waals surface area contributed by atoms with Crippen molar-refractivity contribution in [2.75, 3.05) is 11.4 Å². The van der Waals surface area contributed by atoms with Crippen LogP contribution in [0.5, 0.6) is 0 Å². The molecule has 0 saturated carbocycles. The minimum absolute atomic E-state index is 0.497. The second-order valence-corrected chi connectivity index (χ2v) is 6.47. The number of benzene rings is 1. The van der Waals surface area contributed by atoms with Crippen molar-refractivity contribution >= 4 is 33.4 Å². The van der Waals surface area contributed by atoms with E-state index in [9.17, 15) is 8.42 Å². The Morgan fingerprint density at radius 3 is 2.65 bits per heavy atom. The summed E-state index contributed by atoms with van der Waals surface area (Å²) in [5.41, 5.74) is 1.15. The Bertz CT molecular complexity index is 738. The van der Waals surface area contributed by atoms with Gasteiger partial charge in [-0.1, -0.05) is 29.8 Å². The molecule has 1 aromatic heterocycles. The van der Waals surface area contributed by atoms with E-state index in [1.807, 2.05) is 0 Å². The highest BCUT2D eigenvalue weighted by atomic mass is 35.5. The predicted molar refractivity (Wildman–Crippen MR) is 81.0 cm³/mol. The fourth-order valence-corrected chi connectivity index (χ4v) is 2.67. The summed E-state index contributed by atoms with van der Waals surface area (Å²) in [6, 6.07) is 7.04. The minimum Gasteiger partial charge on any atom is -0.274 e. The average molecular weight is 312 g/mol. The summed E-state index contributed by atoms with van der Waals surface area (Å²) in [5, 5.41) is 5.58. The Morgan fingerprint density at radius 2 is 2.05 bits per heavy atom. The zero-order chi connectivity index (χ0) is 14.8. The van der Waals surface area contributed by atoms with Crippen molar-refractivity contribution in [3.8, 4) is 0 Å². The van der Waals surface area contributed by atoms with Crippen molar-refractivity contribution in [3.05, 3.63) is 52.7 Å². The van der Waals surface area contributed by atoms with Gasteiger partial charge in [-0.15, -0.1) is 0 Å². The van der Waals surface area contributed by atoms with Crippen molar-refractivity contribution in [3.63, 3.8) is 0 Å². The normalized spacial score (nSPS) is 11.9. The van der Waals surface area contributed by atoms with E-state index in [-0.39, 0.29) is 0 Å². The highest BCUT2D eigenvalue weighted by Gasteiger charge is 2.16. The zero-order valence-corrected chi connectivity index (χ0v) is 12.6. The second kappa shape index (κ2) is 5.68. The molecule has 106 valence electrons. The largest absolute Gasteiger partial charge is 0.274 e. The topological polar surface area (TPSA) is 55.2 Å². The van der Waals surface area contributed by atoms with Crippen molar-refractivity contribution in [2.45, 2.75) is 0 Å². The van der Waals surface area contributed by atoms with Crippen LogP contribution in [0.1, 0.15) is 5.56 Å². The van der Waals surface area contributed by atoms with Gasteiger partial charge in [-0.05, 0) is 17.7 Å². The smallest absolute Gasteiger partial charge is 0.257 e. The minimum atomic E-state index is -3.57. The lowest BCUT2D eigenvalue weighted by atomic mass is 10.2. The molecule has 0 aliphatic heterocycles. The van der Waals surface area contributed by atoms with E-state index >= 15 is 0 Å². The number of halogens is 1. The molecule has 0 aliphatic carbocycles. The Hall–Kier alpha value is -1.79. The van der Waals surface area contributed by atoms with Gasteiger partial charge >= 0.3 is 0 Å². The molecule has 0 saturated heterocycles. The fraction of sp³-hybridized carbons (Fsp3) is 0.154. The summed E-state index contributed by atoms with van der Waals surface area (Å²) in [5.74, 6) is 0. The predicted octanol–water partition coefficient (Wildman–Crippen LogP) is 2.51. The molecule has 1 aromatic carbocycles. The molecule has 20 heavy (non-hydrogen) atoms. The molecular formula is C13H14ClN3O2S. The van der Waals surface area contributed by atoms with E-state index in [1.54, 1.807) is 42.2 Å². The lowest BCUT2D eigenvalue weighted by molar-refractivity contribution is 0.603. The van der Waals surface area contributed by atoms with Gasteiger partial charge in [0.15, 0.2) is 0 Å². The zero-order valence-electron chi connectivity index (χ0n) is 11.1. The number of rotatable bonds is 4. The Balaban J connectivity index is 2.25. The first-order valence-corrected chi connectivity index (χ1v) is 7.68. The van der Waals surface area contributed by atoms with Gasteiger partial charge in [-0.2, -0.15) is 5.10 Å². The molecule has 0 bridgehead atoms. The molecule has 7 heteroatoms. The van der Waals surface area contributed by atoms with Crippen molar-refractivity contribution in [2.24, 2.45) is 7.05 Å². The maximum absolute atomic E-state index is 12.2. The number of aromatic nitrogens is 2. The highest BCUT2D eigenvalue weighted by molar-refractivity contribution is 7.95. The summed E-state index contributed by atoms with van der Waals surface area (Å²) in [6.07, 6.45) is 4.59. The summed E-state index contributed by atoms with van der Waals surface area (Å²) in [7, 11) is -0.373. The van der Waals surface area contributed by atoms with Crippen LogP contribution in [0.2, 0.25) is 5.02 Å². The van der Waals surface area contributed by atoms with Gasteiger partial charge < -0.3 is 0 Å². The molecule has 0 spiro atoms. The van der Waals surface area contributed by atoms with Crippen LogP contribution < -0.4 is 4.31 Å². The number of hydrogen-bond acceptors (Lipinski definition) is 3. The Kier molecular flexibility index (Phi) is 4.15. The summed E-state index contributed by atoms with van der Waals surface area (Å²) in [4.78, 5) is 0. The van der Waals surface area contributed by atoms with Crippen LogP contribution in [0, 0.1) is 0 Å². The van der Waals surface area contributed by atoms with Crippen LogP contribution in [0.4, 0.5) is 5.69 Å². The molecule has 1 heterocycles. The fourth-order valence-electron chi connectivity index (χ4n) is 1.58. The first-order valence-electron chi connectivity index (χ1n) is 5.80. The van der Waals surface area contributed by atoms with E-state index in [1.165, 1.54) is 19.3 Å². The molecular weight excluding hydrogens is 298 g/mol. The summed E-state index contributed by atoms with van der Waals surface area (Å²) < 4.78 is 27.1. The van der Waals surface area contributed by atoms with Crippen LogP contribution in [-0.2, 0) is 17.1 Å². The third-order valence-corrected chi connectivity index (χ3v) is 4.56. The molecule has 2 aromatic rings. The van der Waals surface area contributed by atoms with Gasteiger partial charge in [-0.25, -0.2) is 8.42 Å². The van der Waals surface area contributed by atoms with E-state index in [0.717, 1.165) is 9.71 Å². The third-order valence-electron chi connectivity index (χ3n) is 2.76. The van der Waals surface area contributed by atoms with Crippen LogP contribution in [0.15, 0.2) is 42.1 Å². The molecule has 0 amide bonds. The number of aryl methyl sites for hydroxylation is 1. The van der Waals surface area contributed by atoms with E-state index in [0.29, 0.717) is 16.3 Å². The molecule has 0 N–H and O–H groups in total. The molecule has 0 fully saturated rings. The number of anilines is 1. The van der Waals surface area contributed by atoms with Crippen LogP contribution in [-0.4, -0.2) is 25.2 Å². The molecule has 2 rings (SSSR count). The summed E-state index contributed by atoms with van der Waals surface area (Å²) >= 11 is 5.98. The number of nitrogens with zero attached hydrogens (tertiary/aromatic N) is 3. The number of sulfonamides is 1. The number of hydrogen-bond donors (Lipinski definition) is 0. The second-order valence-electron chi connectivity index (χ2n) is 4.21.